The SMILES string of the molecule is COC(=O)CCC(O)CNc1ccc(Cl)cc1. The van der Waals surface area contributed by atoms with Crippen molar-refractivity contribution in [3.05, 3.63) is 29.3 Å². The first-order chi connectivity index (χ1) is 8.11. The molecule has 1 aromatic rings. The van der Waals surface area contributed by atoms with E-state index < -0.39 is 6.10 Å². The first-order valence-electron chi connectivity index (χ1n) is 5.36. The van der Waals surface area contributed by atoms with Gasteiger partial charge in [0.15, 0.2) is 0 Å². The van der Waals surface area contributed by atoms with Gasteiger partial charge in [0.25, 0.3) is 0 Å². The van der Waals surface area contributed by atoms with E-state index in [1.807, 2.05) is 12.1 Å². The van der Waals surface area contributed by atoms with Crippen LogP contribution in [0.3, 0.4) is 0 Å². The Bertz CT molecular complexity index is 353. The number of hydrogen-bond acceptors (Lipinski definition) is 4. The molecule has 1 atom stereocenters. The number of rotatable bonds is 6. The van der Waals surface area contributed by atoms with E-state index in [1.165, 1.54) is 7.11 Å². The molecule has 1 rings (SSSR count). The maximum atomic E-state index is 10.9. The van der Waals surface area contributed by atoms with Crippen LogP contribution < -0.4 is 5.32 Å². The predicted octanol–water partition coefficient (Wildman–Crippen LogP) is 2.07. The molecule has 0 saturated heterocycles. The van der Waals surface area contributed by atoms with Gasteiger partial charge in [0.05, 0.1) is 13.2 Å². The van der Waals surface area contributed by atoms with Gasteiger partial charge in [0.1, 0.15) is 0 Å². The molecule has 0 aliphatic carbocycles. The highest BCUT2D eigenvalue weighted by Crippen LogP contribution is 2.13. The zero-order valence-corrected chi connectivity index (χ0v) is 10.4. The minimum absolute atomic E-state index is 0.222. The topological polar surface area (TPSA) is 58.6 Å². The average molecular weight is 258 g/mol. The van der Waals surface area contributed by atoms with E-state index in [9.17, 15) is 9.90 Å². The van der Waals surface area contributed by atoms with E-state index in [2.05, 4.69) is 10.1 Å². The molecule has 0 spiro atoms. The molecule has 0 aliphatic rings. The van der Waals surface area contributed by atoms with Crippen LogP contribution in [0.1, 0.15) is 12.8 Å². The fraction of sp³-hybridized carbons (Fsp3) is 0.417. The number of nitrogens with one attached hydrogen (secondary N) is 1. The molecule has 0 saturated carbocycles. The van der Waals surface area contributed by atoms with E-state index >= 15 is 0 Å². The van der Waals surface area contributed by atoms with Crippen molar-refractivity contribution in [3.8, 4) is 0 Å². The number of carbonyl (C=O) groups excluding carboxylic acids is 1. The Morgan fingerprint density at radius 2 is 2.12 bits per heavy atom. The minimum Gasteiger partial charge on any atom is -0.469 e. The third-order valence-corrected chi connectivity index (χ3v) is 2.55. The van der Waals surface area contributed by atoms with Crippen molar-refractivity contribution in [1.29, 1.82) is 0 Å². The molecular formula is C12H16ClNO3. The highest BCUT2D eigenvalue weighted by Gasteiger charge is 2.07. The van der Waals surface area contributed by atoms with Gasteiger partial charge < -0.3 is 15.2 Å². The van der Waals surface area contributed by atoms with Gasteiger partial charge in [-0.25, -0.2) is 0 Å². The van der Waals surface area contributed by atoms with Crippen molar-refractivity contribution in [1.82, 2.24) is 0 Å². The molecule has 1 aromatic carbocycles. The lowest BCUT2D eigenvalue weighted by atomic mass is 10.2. The van der Waals surface area contributed by atoms with Crippen LogP contribution in [0.15, 0.2) is 24.3 Å². The quantitative estimate of drug-likeness (QED) is 0.766. The van der Waals surface area contributed by atoms with E-state index in [4.69, 9.17) is 11.6 Å². The monoisotopic (exact) mass is 257 g/mol. The Hall–Kier alpha value is -1.26. The number of halogens is 1. The number of esters is 1. The molecule has 0 radical (unpaired) electrons. The number of carbonyl (C=O) groups is 1. The Kier molecular flexibility index (Phi) is 5.80. The van der Waals surface area contributed by atoms with Crippen LogP contribution in [0.5, 0.6) is 0 Å². The standard InChI is InChI=1S/C12H16ClNO3/c1-17-12(16)7-6-11(15)8-14-10-4-2-9(13)3-5-10/h2-5,11,14-15H,6-8H2,1H3. The van der Waals surface area contributed by atoms with Gasteiger partial charge in [-0.2, -0.15) is 0 Å². The van der Waals surface area contributed by atoms with Crippen LogP contribution in [0.25, 0.3) is 0 Å². The average Bonchev–Trinajstić information content (AvgIpc) is 2.35. The lowest BCUT2D eigenvalue weighted by Crippen LogP contribution is -2.20. The van der Waals surface area contributed by atoms with Crippen molar-refractivity contribution in [2.24, 2.45) is 0 Å². The summed E-state index contributed by atoms with van der Waals surface area (Å²) >= 11 is 5.75. The Morgan fingerprint density at radius 1 is 1.47 bits per heavy atom. The largest absolute Gasteiger partial charge is 0.469 e. The van der Waals surface area contributed by atoms with E-state index in [1.54, 1.807) is 12.1 Å². The number of benzene rings is 1. The van der Waals surface area contributed by atoms with Crippen molar-refractivity contribution in [2.45, 2.75) is 18.9 Å². The fourth-order valence-corrected chi connectivity index (χ4v) is 1.42. The van der Waals surface area contributed by atoms with Crippen LogP contribution in [-0.4, -0.2) is 30.8 Å². The van der Waals surface area contributed by atoms with Crippen LogP contribution in [0.4, 0.5) is 5.69 Å². The third kappa shape index (κ3) is 5.56. The van der Waals surface area contributed by atoms with Crippen molar-refractivity contribution in [2.75, 3.05) is 19.0 Å². The number of methoxy groups -OCH3 is 1. The molecule has 0 heterocycles. The number of hydrogen-bond donors (Lipinski definition) is 2. The third-order valence-electron chi connectivity index (χ3n) is 2.30. The molecule has 2 N–H and O–H groups in total. The Balaban J connectivity index is 2.25. The molecule has 17 heavy (non-hydrogen) atoms. The molecule has 0 aromatic heterocycles. The van der Waals surface area contributed by atoms with Crippen LogP contribution >= 0.6 is 11.6 Å². The highest BCUT2D eigenvalue weighted by molar-refractivity contribution is 6.30. The normalized spacial score (nSPS) is 11.9. The predicted molar refractivity (Wildman–Crippen MR) is 67.2 cm³/mol. The zero-order chi connectivity index (χ0) is 12.7. The van der Waals surface area contributed by atoms with Gasteiger partial charge in [0, 0.05) is 23.7 Å². The van der Waals surface area contributed by atoms with Crippen LogP contribution in [0.2, 0.25) is 5.02 Å². The van der Waals surface area contributed by atoms with Crippen molar-refractivity contribution < 1.29 is 14.6 Å². The van der Waals surface area contributed by atoms with Crippen molar-refractivity contribution >= 4 is 23.3 Å². The van der Waals surface area contributed by atoms with Gasteiger partial charge in [0.2, 0.25) is 0 Å². The van der Waals surface area contributed by atoms with Crippen molar-refractivity contribution in [3.63, 3.8) is 0 Å². The van der Waals surface area contributed by atoms with E-state index in [-0.39, 0.29) is 12.4 Å². The van der Waals surface area contributed by atoms with Crippen LogP contribution in [0, 0.1) is 0 Å². The zero-order valence-electron chi connectivity index (χ0n) is 9.65. The molecule has 0 amide bonds. The molecule has 1 unspecified atom stereocenters. The first kappa shape index (κ1) is 13.8. The smallest absolute Gasteiger partial charge is 0.305 e. The summed E-state index contributed by atoms with van der Waals surface area (Å²) < 4.78 is 4.49. The maximum Gasteiger partial charge on any atom is 0.305 e. The summed E-state index contributed by atoms with van der Waals surface area (Å²) in [7, 11) is 1.33. The van der Waals surface area contributed by atoms with Gasteiger partial charge >= 0.3 is 5.97 Å². The molecule has 0 bridgehead atoms. The van der Waals surface area contributed by atoms with Gasteiger partial charge in [-0.15, -0.1) is 0 Å². The van der Waals surface area contributed by atoms with Crippen LogP contribution in [-0.2, 0) is 9.53 Å². The summed E-state index contributed by atoms with van der Waals surface area (Å²) in [5, 5.41) is 13.3. The molecule has 5 heteroatoms. The summed E-state index contributed by atoms with van der Waals surface area (Å²) in [6, 6.07) is 7.19. The summed E-state index contributed by atoms with van der Waals surface area (Å²) in [5.74, 6) is -0.310. The summed E-state index contributed by atoms with van der Waals surface area (Å²) in [6.45, 7) is 0.388. The lowest BCUT2D eigenvalue weighted by molar-refractivity contribution is -0.141. The maximum absolute atomic E-state index is 10.9. The summed E-state index contributed by atoms with van der Waals surface area (Å²) in [4.78, 5) is 10.9. The minimum atomic E-state index is -0.579. The highest BCUT2D eigenvalue weighted by atomic mass is 35.5. The first-order valence-corrected chi connectivity index (χ1v) is 5.74. The van der Waals surface area contributed by atoms with Gasteiger partial charge in [-0.05, 0) is 30.7 Å². The molecule has 94 valence electrons. The fourth-order valence-electron chi connectivity index (χ4n) is 1.29. The number of ether oxygens (including phenoxy) is 1. The molecule has 0 fully saturated rings. The second-order valence-electron chi connectivity index (χ2n) is 3.66. The lowest BCUT2D eigenvalue weighted by Gasteiger charge is -2.12. The second kappa shape index (κ2) is 7.14. The molecular weight excluding hydrogens is 242 g/mol. The number of anilines is 1. The van der Waals surface area contributed by atoms with Gasteiger partial charge in [-0.3, -0.25) is 4.79 Å². The Morgan fingerprint density at radius 3 is 2.71 bits per heavy atom. The van der Waals surface area contributed by atoms with Gasteiger partial charge in [-0.1, -0.05) is 11.6 Å². The number of aliphatic hydroxyl groups excluding tert-OH is 1. The summed E-state index contributed by atoms with van der Waals surface area (Å²) in [5.41, 5.74) is 0.881. The molecule has 0 aliphatic heterocycles. The van der Waals surface area contributed by atoms with E-state index in [0.717, 1.165) is 5.69 Å². The Labute approximate surface area is 106 Å². The second-order valence-corrected chi connectivity index (χ2v) is 4.09. The van der Waals surface area contributed by atoms with E-state index in [0.29, 0.717) is 18.0 Å². The molecule has 4 nitrogen and oxygen atoms in total. The summed E-state index contributed by atoms with van der Waals surface area (Å²) in [6.07, 6.45) is 0.0255. The number of aliphatic hydroxyl groups is 1.